The molecule has 2 rings (SSSR count). The van der Waals surface area contributed by atoms with E-state index in [1.165, 1.54) is 12.1 Å². The Kier molecular flexibility index (Phi) is 1.00. The molecular weight excluding hydrogens is 181 g/mol. The van der Waals surface area contributed by atoms with Crippen LogP contribution >= 0.6 is 23.2 Å². The quantitative estimate of drug-likeness (QED) is 0.666. The van der Waals surface area contributed by atoms with Crippen LogP contribution in [-0.4, -0.2) is 0 Å². The zero-order valence-corrected chi connectivity index (χ0v) is 6.92. The van der Waals surface area contributed by atoms with Crippen LogP contribution in [0.25, 0.3) is 0 Å². The van der Waals surface area contributed by atoms with Crippen LogP contribution in [0.2, 0.25) is 10.0 Å². The fourth-order valence-electron chi connectivity index (χ4n) is 0.920. The number of hydrogen-bond donors (Lipinski definition) is 1. The number of halogens is 2. The largest absolute Gasteiger partial charge is 0.309 e. The Morgan fingerprint density at radius 1 is 1.18 bits per heavy atom. The summed E-state index contributed by atoms with van der Waals surface area (Å²) < 4.78 is 30.4. The fraction of sp³-hybridized carbons (Fsp3) is 0.250. The summed E-state index contributed by atoms with van der Waals surface area (Å²) in [5.41, 5.74) is 0.392. The van der Waals surface area contributed by atoms with E-state index in [2.05, 4.69) is 5.32 Å². The molecule has 0 fully saturated rings. The zero-order valence-electron chi connectivity index (χ0n) is 9.41. The Labute approximate surface area is 80.9 Å². The summed E-state index contributed by atoms with van der Waals surface area (Å²) in [6.45, 7) is -3.85. The number of fused-ring (bicyclic) bond motifs is 1. The summed E-state index contributed by atoms with van der Waals surface area (Å²) in [5.74, 6) is 0. The number of benzene rings is 1. The van der Waals surface area contributed by atoms with Gasteiger partial charge in [-0.2, -0.15) is 0 Å². The maximum Gasteiger partial charge on any atom is 0.0595 e. The molecule has 1 aromatic carbocycles. The van der Waals surface area contributed by atoms with Gasteiger partial charge < -0.3 is 5.32 Å². The molecule has 0 saturated heterocycles. The first-order valence-corrected chi connectivity index (χ1v) is 3.79. The first-order valence-electron chi connectivity index (χ1n) is 5.03. The normalized spacial score (nSPS) is 29.6. The van der Waals surface area contributed by atoms with E-state index in [0.717, 1.165) is 0 Å². The van der Waals surface area contributed by atoms with Crippen LogP contribution in [0.4, 0.5) is 0 Å². The second-order valence-corrected chi connectivity index (χ2v) is 3.00. The molecule has 58 valence electrons. The van der Waals surface area contributed by atoms with Gasteiger partial charge in [0.1, 0.15) is 0 Å². The average Bonchev–Trinajstić information content (AvgIpc) is 2.21. The third kappa shape index (κ3) is 1.24. The lowest BCUT2D eigenvalue weighted by Crippen LogP contribution is -1.99. The molecule has 1 aromatic rings. The molecule has 1 N–H and O–H groups in total. The molecule has 1 nitrogen and oxygen atoms in total. The highest BCUT2D eigenvalue weighted by Gasteiger charge is 2.11. The van der Waals surface area contributed by atoms with Gasteiger partial charge in [-0.05, 0) is 23.3 Å². The molecule has 11 heavy (non-hydrogen) atoms. The van der Waals surface area contributed by atoms with Crippen LogP contribution in [0.3, 0.4) is 0 Å². The molecule has 1 aliphatic heterocycles. The van der Waals surface area contributed by atoms with E-state index < -0.39 is 13.0 Å². The van der Waals surface area contributed by atoms with Crippen LogP contribution in [0.5, 0.6) is 0 Å². The van der Waals surface area contributed by atoms with Crippen LogP contribution in [0.15, 0.2) is 12.1 Å². The van der Waals surface area contributed by atoms with Gasteiger partial charge >= 0.3 is 0 Å². The second kappa shape index (κ2) is 2.67. The van der Waals surface area contributed by atoms with Crippen molar-refractivity contribution >= 4 is 23.2 Å². The molecule has 3 heteroatoms. The Morgan fingerprint density at radius 3 is 2.09 bits per heavy atom. The third-order valence-electron chi connectivity index (χ3n) is 1.45. The SMILES string of the molecule is [2H]C1([2H])NC([2H])([2H])c2cc(Cl)c(Cl)cc21. The van der Waals surface area contributed by atoms with Gasteiger partial charge in [0.2, 0.25) is 0 Å². The summed E-state index contributed by atoms with van der Waals surface area (Å²) in [4.78, 5) is 0. The minimum absolute atomic E-state index is 0.196. The second-order valence-electron chi connectivity index (χ2n) is 2.19. The summed E-state index contributed by atoms with van der Waals surface area (Å²) in [7, 11) is 0. The van der Waals surface area contributed by atoms with Gasteiger partial charge in [-0.25, -0.2) is 0 Å². The highest BCUT2D eigenvalue weighted by atomic mass is 35.5. The van der Waals surface area contributed by atoms with Crippen molar-refractivity contribution in [2.24, 2.45) is 0 Å². The predicted octanol–water partition coefficient (Wildman–Crippen LogP) is 2.60. The van der Waals surface area contributed by atoms with E-state index in [0.29, 0.717) is 0 Å². The van der Waals surface area contributed by atoms with Gasteiger partial charge in [0.15, 0.2) is 0 Å². The van der Waals surface area contributed by atoms with E-state index in [1.807, 2.05) is 0 Å². The topological polar surface area (TPSA) is 12.0 Å². The Morgan fingerprint density at radius 2 is 1.64 bits per heavy atom. The van der Waals surface area contributed by atoms with Gasteiger partial charge in [-0.15, -0.1) is 0 Å². The summed E-state index contributed by atoms with van der Waals surface area (Å²) in [6.07, 6.45) is 0. The fourth-order valence-corrected chi connectivity index (χ4v) is 1.25. The Bertz CT molecular complexity index is 394. The van der Waals surface area contributed by atoms with Crippen molar-refractivity contribution in [2.45, 2.75) is 13.0 Å². The lowest BCUT2D eigenvalue weighted by molar-refractivity contribution is 0.765. The number of nitrogens with one attached hydrogen (secondary N) is 1. The van der Waals surface area contributed by atoms with E-state index >= 15 is 0 Å². The van der Waals surface area contributed by atoms with Gasteiger partial charge in [0.25, 0.3) is 0 Å². The van der Waals surface area contributed by atoms with Gasteiger partial charge in [-0.1, -0.05) is 23.2 Å². The first kappa shape index (κ1) is 4.13. The van der Waals surface area contributed by atoms with E-state index in [-0.39, 0.29) is 21.2 Å². The van der Waals surface area contributed by atoms with Gasteiger partial charge in [0, 0.05) is 18.5 Å². The molecule has 0 atom stereocenters. The molecule has 0 saturated carbocycles. The highest BCUT2D eigenvalue weighted by molar-refractivity contribution is 6.42. The standard InChI is InChI=1S/C8H7Cl2N/c9-7-1-5-3-11-4-6(5)2-8(7)10/h1-2,11H,3-4H2/i3D2,4D2. The summed E-state index contributed by atoms with van der Waals surface area (Å²) in [6, 6.07) is 2.72. The minimum atomic E-state index is -1.92. The third-order valence-corrected chi connectivity index (χ3v) is 2.18. The van der Waals surface area contributed by atoms with Crippen molar-refractivity contribution in [1.82, 2.24) is 5.32 Å². The smallest absolute Gasteiger partial charge is 0.0595 e. The average molecular weight is 192 g/mol. The molecular formula is C8H7Cl2N. The van der Waals surface area contributed by atoms with Crippen LogP contribution in [0, 0.1) is 0 Å². The number of rotatable bonds is 0. The first-order chi connectivity index (χ1) is 6.74. The Balaban J connectivity index is 2.71. The van der Waals surface area contributed by atoms with E-state index in [9.17, 15) is 0 Å². The van der Waals surface area contributed by atoms with Crippen LogP contribution in [-0.2, 0) is 13.0 Å². The molecule has 0 spiro atoms. The summed E-state index contributed by atoms with van der Waals surface area (Å²) >= 11 is 11.5. The van der Waals surface area contributed by atoms with Gasteiger partial charge in [0.05, 0.1) is 10.0 Å². The lowest BCUT2D eigenvalue weighted by atomic mass is 10.1. The van der Waals surface area contributed by atoms with Crippen molar-refractivity contribution in [3.05, 3.63) is 33.3 Å². The maximum atomic E-state index is 7.60. The van der Waals surface area contributed by atoms with Crippen molar-refractivity contribution in [3.8, 4) is 0 Å². The molecule has 0 aromatic heterocycles. The monoisotopic (exact) mass is 191 g/mol. The predicted molar refractivity (Wildman–Crippen MR) is 47.0 cm³/mol. The minimum Gasteiger partial charge on any atom is -0.309 e. The lowest BCUT2D eigenvalue weighted by Gasteiger charge is -1.99. The molecule has 0 amide bonds. The van der Waals surface area contributed by atoms with E-state index in [4.69, 9.17) is 28.7 Å². The Hall–Kier alpha value is -0.240. The van der Waals surface area contributed by atoms with Crippen molar-refractivity contribution < 1.29 is 5.48 Å². The molecule has 1 heterocycles. The molecule has 0 radical (unpaired) electrons. The molecule has 0 unspecified atom stereocenters. The van der Waals surface area contributed by atoms with Crippen molar-refractivity contribution in [1.29, 1.82) is 0 Å². The van der Waals surface area contributed by atoms with Crippen molar-refractivity contribution in [2.75, 3.05) is 0 Å². The molecule has 0 bridgehead atoms. The van der Waals surface area contributed by atoms with Gasteiger partial charge in [-0.3, -0.25) is 0 Å². The van der Waals surface area contributed by atoms with Crippen molar-refractivity contribution in [3.63, 3.8) is 0 Å². The maximum absolute atomic E-state index is 7.60. The van der Waals surface area contributed by atoms with Crippen LogP contribution < -0.4 is 5.32 Å². The molecule has 0 aliphatic carbocycles. The molecule has 1 aliphatic rings. The highest BCUT2D eigenvalue weighted by Crippen LogP contribution is 2.27. The number of hydrogen-bond acceptors (Lipinski definition) is 1. The van der Waals surface area contributed by atoms with E-state index in [1.54, 1.807) is 0 Å². The summed E-state index contributed by atoms with van der Waals surface area (Å²) in [5, 5.41) is 2.68. The van der Waals surface area contributed by atoms with Crippen LogP contribution in [0.1, 0.15) is 16.6 Å². The zero-order chi connectivity index (χ0) is 11.4.